The lowest BCUT2D eigenvalue weighted by Gasteiger charge is -2.22. The first kappa shape index (κ1) is 46.9. The van der Waals surface area contributed by atoms with E-state index in [0.717, 1.165) is 77.5 Å². The molecule has 0 heterocycles. The van der Waals surface area contributed by atoms with E-state index in [-0.39, 0.29) is 18.0 Å². The van der Waals surface area contributed by atoms with Crippen LogP contribution in [-0.4, -0.2) is 55.7 Å². The van der Waals surface area contributed by atoms with Crippen LogP contribution in [0.3, 0.4) is 0 Å². The molecule has 0 aliphatic heterocycles. The summed E-state index contributed by atoms with van der Waals surface area (Å²) in [4.78, 5) is 27.2. The molecule has 48 heavy (non-hydrogen) atoms. The summed E-state index contributed by atoms with van der Waals surface area (Å²) in [5, 5.41) is 0. The fraction of sp³-hybridized carbons (Fsp3) is 0.952. The fourth-order valence-corrected chi connectivity index (χ4v) is 6.52. The van der Waals surface area contributed by atoms with Gasteiger partial charge < -0.3 is 20.1 Å². The van der Waals surface area contributed by atoms with Gasteiger partial charge in [0, 0.05) is 12.8 Å². The second-order valence-corrected chi connectivity index (χ2v) is 14.5. The quantitative estimate of drug-likeness (QED) is 0.0514. The first-order valence-electron chi connectivity index (χ1n) is 21.3. The van der Waals surface area contributed by atoms with Gasteiger partial charge in [0.05, 0.1) is 6.61 Å². The normalized spacial score (nSPS) is 12.1. The summed E-state index contributed by atoms with van der Waals surface area (Å²) >= 11 is 0. The highest BCUT2D eigenvalue weighted by Crippen LogP contribution is 2.18. The van der Waals surface area contributed by atoms with Gasteiger partial charge >= 0.3 is 11.9 Å². The number of hydrogen-bond acceptors (Lipinski definition) is 6. The number of nitrogens with two attached hydrogens (primary N) is 1. The summed E-state index contributed by atoms with van der Waals surface area (Å²) in [6.07, 6.45) is 35.8. The highest BCUT2D eigenvalue weighted by atomic mass is 16.5. The van der Waals surface area contributed by atoms with E-state index in [1.165, 1.54) is 135 Å². The molecule has 0 aliphatic carbocycles. The van der Waals surface area contributed by atoms with Gasteiger partial charge in [-0.05, 0) is 90.4 Å². The molecule has 0 aliphatic rings. The van der Waals surface area contributed by atoms with Gasteiger partial charge in [0.1, 0.15) is 6.10 Å². The standard InChI is InChI=1S/C42H84N2O4/c1-4-7-10-13-14-22-29-39-47-41(45)33-25-18-15-20-27-36-44(38-30-35-43)37-28-21-16-19-26-34-42(46)48-40(31-23-12-9-6-3)32-24-17-11-8-5-2/h40H,4-39,43H2,1-3H3. The fourth-order valence-electron chi connectivity index (χ4n) is 6.52. The molecule has 2 N–H and O–H groups in total. The van der Waals surface area contributed by atoms with Crippen molar-refractivity contribution in [2.45, 2.75) is 226 Å². The zero-order chi connectivity index (χ0) is 35.2. The topological polar surface area (TPSA) is 81.9 Å². The SMILES string of the molecule is CCCCCCCCCOC(=O)CCCCCCCN(CCCN)CCCCCCCC(=O)OC(CCCCCC)CCCCCCC. The number of rotatable bonds is 39. The molecule has 6 nitrogen and oxygen atoms in total. The Labute approximate surface area is 299 Å². The van der Waals surface area contributed by atoms with Crippen molar-refractivity contribution in [3.63, 3.8) is 0 Å². The van der Waals surface area contributed by atoms with Crippen LogP contribution < -0.4 is 5.73 Å². The predicted molar refractivity (Wildman–Crippen MR) is 206 cm³/mol. The summed E-state index contributed by atoms with van der Waals surface area (Å²) in [6.45, 7) is 11.5. The molecule has 0 aromatic carbocycles. The molecule has 1 atom stereocenters. The third kappa shape index (κ3) is 34.7. The molecule has 6 heteroatoms. The maximum atomic E-state index is 12.6. The summed E-state index contributed by atoms with van der Waals surface area (Å²) < 4.78 is 11.4. The number of unbranched alkanes of at least 4 members (excludes halogenated alkanes) is 21. The molecular weight excluding hydrogens is 596 g/mol. The smallest absolute Gasteiger partial charge is 0.306 e. The molecule has 0 amide bonds. The predicted octanol–water partition coefficient (Wildman–Crippen LogP) is 11.9. The second-order valence-electron chi connectivity index (χ2n) is 14.5. The number of ether oxygens (including phenoxy) is 2. The number of nitrogens with zero attached hydrogens (tertiary/aromatic N) is 1. The Morgan fingerprint density at radius 1 is 0.479 bits per heavy atom. The van der Waals surface area contributed by atoms with E-state index in [1.807, 2.05) is 0 Å². The Kier molecular flexibility index (Phi) is 37.7. The first-order chi connectivity index (χ1) is 23.6. The molecule has 0 spiro atoms. The highest BCUT2D eigenvalue weighted by molar-refractivity contribution is 5.69. The number of esters is 2. The van der Waals surface area contributed by atoms with Crippen molar-refractivity contribution in [3.8, 4) is 0 Å². The van der Waals surface area contributed by atoms with Crippen molar-refractivity contribution in [2.24, 2.45) is 5.73 Å². The van der Waals surface area contributed by atoms with Gasteiger partial charge in [-0.2, -0.15) is 0 Å². The zero-order valence-electron chi connectivity index (χ0n) is 32.7. The summed E-state index contributed by atoms with van der Waals surface area (Å²) in [5.74, 6) is 0.00919. The lowest BCUT2D eigenvalue weighted by atomic mass is 10.0. The third-order valence-corrected chi connectivity index (χ3v) is 9.71. The van der Waals surface area contributed by atoms with Crippen LogP contribution in [0.4, 0.5) is 0 Å². The Bertz CT molecular complexity index is 674. The van der Waals surface area contributed by atoms with Crippen LogP contribution >= 0.6 is 0 Å². The summed E-state index contributed by atoms with van der Waals surface area (Å²) in [7, 11) is 0. The van der Waals surface area contributed by atoms with Crippen molar-refractivity contribution < 1.29 is 19.1 Å². The third-order valence-electron chi connectivity index (χ3n) is 9.71. The number of hydrogen-bond donors (Lipinski definition) is 1. The average molecular weight is 681 g/mol. The van der Waals surface area contributed by atoms with Gasteiger partial charge in [-0.1, -0.05) is 143 Å². The van der Waals surface area contributed by atoms with Crippen molar-refractivity contribution in [3.05, 3.63) is 0 Å². The molecule has 0 radical (unpaired) electrons. The molecule has 286 valence electrons. The molecule has 1 unspecified atom stereocenters. The maximum Gasteiger partial charge on any atom is 0.306 e. The number of carbonyl (C=O) groups is 2. The van der Waals surface area contributed by atoms with Crippen LogP contribution in [-0.2, 0) is 19.1 Å². The van der Waals surface area contributed by atoms with E-state index in [1.54, 1.807) is 0 Å². The monoisotopic (exact) mass is 681 g/mol. The van der Waals surface area contributed by atoms with Crippen molar-refractivity contribution in [1.82, 2.24) is 4.90 Å². The molecular formula is C42H84N2O4. The van der Waals surface area contributed by atoms with Gasteiger partial charge in [-0.15, -0.1) is 0 Å². The van der Waals surface area contributed by atoms with E-state index in [2.05, 4.69) is 25.7 Å². The van der Waals surface area contributed by atoms with Crippen LogP contribution in [0.5, 0.6) is 0 Å². The van der Waals surface area contributed by atoms with E-state index in [9.17, 15) is 9.59 Å². The van der Waals surface area contributed by atoms with Gasteiger partial charge in [0.15, 0.2) is 0 Å². The van der Waals surface area contributed by atoms with E-state index < -0.39 is 0 Å². The Morgan fingerprint density at radius 2 is 0.875 bits per heavy atom. The van der Waals surface area contributed by atoms with Gasteiger partial charge in [0.2, 0.25) is 0 Å². The minimum atomic E-state index is -0.0146. The molecule has 0 saturated carbocycles. The maximum absolute atomic E-state index is 12.6. The second kappa shape index (κ2) is 38.7. The Hall–Kier alpha value is -1.14. The number of carbonyl (C=O) groups excluding carboxylic acids is 2. The lowest BCUT2D eigenvalue weighted by Crippen LogP contribution is -2.28. The van der Waals surface area contributed by atoms with E-state index in [4.69, 9.17) is 15.2 Å². The molecule has 0 rings (SSSR count). The Balaban J connectivity index is 3.94. The summed E-state index contributed by atoms with van der Waals surface area (Å²) in [5.41, 5.74) is 5.82. The van der Waals surface area contributed by atoms with Crippen LogP contribution in [0, 0.1) is 0 Å². The molecule has 0 bridgehead atoms. The van der Waals surface area contributed by atoms with Crippen LogP contribution in [0.1, 0.15) is 220 Å². The largest absolute Gasteiger partial charge is 0.466 e. The Morgan fingerprint density at radius 3 is 1.40 bits per heavy atom. The molecule has 0 saturated heterocycles. The minimum absolute atomic E-state index is 0.0146. The van der Waals surface area contributed by atoms with Crippen LogP contribution in [0.25, 0.3) is 0 Å². The first-order valence-corrected chi connectivity index (χ1v) is 21.3. The molecule has 0 fully saturated rings. The molecule has 0 aromatic rings. The van der Waals surface area contributed by atoms with Gasteiger partial charge in [0.25, 0.3) is 0 Å². The lowest BCUT2D eigenvalue weighted by molar-refractivity contribution is -0.150. The van der Waals surface area contributed by atoms with E-state index >= 15 is 0 Å². The summed E-state index contributed by atoms with van der Waals surface area (Å²) in [6, 6.07) is 0. The van der Waals surface area contributed by atoms with Gasteiger partial charge in [-0.3, -0.25) is 9.59 Å². The van der Waals surface area contributed by atoms with Crippen molar-refractivity contribution in [1.29, 1.82) is 0 Å². The zero-order valence-corrected chi connectivity index (χ0v) is 32.7. The van der Waals surface area contributed by atoms with Crippen molar-refractivity contribution in [2.75, 3.05) is 32.8 Å². The van der Waals surface area contributed by atoms with Gasteiger partial charge in [-0.25, -0.2) is 0 Å². The van der Waals surface area contributed by atoms with Crippen molar-refractivity contribution >= 4 is 11.9 Å². The van der Waals surface area contributed by atoms with E-state index in [0.29, 0.717) is 19.4 Å². The highest BCUT2D eigenvalue weighted by Gasteiger charge is 2.14. The minimum Gasteiger partial charge on any atom is -0.466 e. The average Bonchev–Trinajstić information content (AvgIpc) is 3.08. The van der Waals surface area contributed by atoms with Crippen LogP contribution in [0.15, 0.2) is 0 Å². The van der Waals surface area contributed by atoms with Crippen LogP contribution in [0.2, 0.25) is 0 Å². The molecule has 0 aromatic heterocycles.